The maximum Gasteiger partial charge on any atom is 0.416 e. The molecule has 3 nitrogen and oxygen atoms in total. The number of alkyl halides is 3. The van der Waals surface area contributed by atoms with Gasteiger partial charge in [-0.1, -0.05) is 18.2 Å². The summed E-state index contributed by atoms with van der Waals surface area (Å²) in [6, 6.07) is 4.82. The molecule has 1 rings (SSSR count). The van der Waals surface area contributed by atoms with Gasteiger partial charge in [-0.3, -0.25) is 4.79 Å². The third-order valence-electron chi connectivity index (χ3n) is 2.20. The van der Waals surface area contributed by atoms with E-state index in [1.54, 1.807) is 0 Å². The zero-order chi connectivity index (χ0) is 14.6. The maximum absolute atomic E-state index is 12.7. The molecule has 0 aliphatic carbocycles. The number of carbonyl (C=O) groups excluding carboxylic acids is 2. The van der Waals surface area contributed by atoms with E-state index in [0.29, 0.717) is 0 Å². The molecule has 0 atom stereocenters. The highest BCUT2D eigenvalue weighted by Crippen LogP contribution is 2.32. The first kappa shape index (κ1) is 14.9. The molecule has 0 radical (unpaired) electrons. The number of hydrogen-bond donors (Lipinski definition) is 0. The highest BCUT2D eigenvalue weighted by atomic mass is 19.4. The van der Waals surface area contributed by atoms with Gasteiger partial charge < -0.3 is 4.74 Å². The molecular weight excluding hydrogens is 261 g/mol. The summed E-state index contributed by atoms with van der Waals surface area (Å²) in [5.74, 6) is -1.79. The summed E-state index contributed by atoms with van der Waals surface area (Å²) < 4.78 is 42.4. The van der Waals surface area contributed by atoms with Crippen molar-refractivity contribution >= 4 is 18.0 Å². The van der Waals surface area contributed by atoms with E-state index < -0.39 is 23.7 Å². The maximum atomic E-state index is 12.7. The van der Waals surface area contributed by atoms with Crippen LogP contribution in [0.2, 0.25) is 0 Å². The second kappa shape index (κ2) is 5.69. The van der Waals surface area contributed by atoms with Crippen LogP contribution in [0.3, 0.4) is 0 Å². The normalized spacial score (nSPS) is 12.2. The first-order chi connectivity index (χ1) is 8.71. The van der Waals surface area contributed by atoms with Gasteiger partial charge in [0.1, 0.15) is 0 Å². The van der Waals surface area contributed by atoms with Crippen LogP contribution in [0, 0.1) is 0 Å². The van der Waals surface area contributed by atoms with Gasteiger partial charge in [-0.15, -0.1) is 0 Å². The average molecular weight is 272 g/mol. The molecule has 102 valence electrons. The number of ether oxygens (including phenoxy) is 1. The molecule has 0 N–H and O–H groups in total. The largest absolute Gasteiger partial charge is 0.416 e. The van der Waals surface area contributed by atoms with Crippen LogP contribution in [0.25, 0.3) is 6.08 Å². The van der Waals surface area contributed by atoms with E-state index in [1.165, 1.54) is 25.1 Å². The zero-order valence-electron chi connectivity index (χ0n) is 10.2. The monoisotopic (exact) mass is 272 g/mol. The first-order valence-corrected chi connectivity index (χ1v) is 5.29. The second-order valence-corrected chi connectivity index (χ2v) is 3.79. The quantitative estimate of drug-likeness (QED) is 0.471. The first-order valence-electron chi connectivity index (χ1n) is 5.29. The van der Waals surface area contributed by atoms with Crippen molar-refractivity contribution in [3.05, 3.63) is 41.0 Å². The van der Waals surface area contributed by atoms with Gasteiger partial charge in [0.05, 0.1) is 5.56 Å². The molecule has 0 amide bonds. The molecule has 0 unspecified atom stereocenters. The number of esters is 2. The van der Waals surface area contributed by atoms with Gasteiger partial charge in [0.2, 0.25) is 0 Å². The second-order valence-electron chi connectivity index (χ2n) is 3.79. The van der Waals surface area contributed by atoms with Gasteiger partial charge >= 0.3 is 18.1 Å². The molecule has 0 bridgehead atoms. The summed E-state index contributed by atoms with van der Waals surface area (Å²) >= 11 is 0. The van der Waals surface area contributed by atoms with Crippen molar-refractivity contribution < 1.29 is 27.5 Å². The third kappa shape index (κ3) is 4.24. The number of halogens is 3. The van der Waals surface area contributed by atoms with Crippen molar-refractivity contribution in [3.63, 3.8) is 0 Å². The van der Waals surface area contributed by atoms with E-state index in [9.17, 15) is 22.8 Å². The van der Waals surface area contributed by atoms with Crippen LogP contribution >= 0.6 is 0 Å². The Labute approximate surface area is 107 Å². The summed E-state index contributed by atoms with van der Waals surface area (Å²) in [7, 11) is 0. The molecular formula is C13H11F3O3. The predicted octanol–water partition coefficient (Wildman–Crippen LogP) is 3.20. The van der Waals surface area contributed by atoms with Gasteiger partial charge in [0.15, 0.2) is 0 Å². The molecule has 0 aromatic heterocycles. The number of hydrogen-bond acceptors (Lipinski definition) is 3. The minimum atomic E-state index is -4.52. The Kier molecular flexibility index (Phi) is 4.47. The van der Waals surface area contributed by atoms with Crippen LogP contribution < -0.4 is 0 Å². The Balaban J connectivity index is 3.11. The van der Waals surface area contributed by atoms with Gasteiger partial charge in [-0.05, 0) is 24.6 Å². The van der Waals surface area contributed by atoms with Crippen LogP contribution in [0.15, 0.2) is 29.8 Å². The lowest BCUT2D eigenvalue weighted by molar-refractivity contribution is -0.155. The van der Waals surface area contributed by atoms with Gasteiger partial charge in [0.25, 0.3) is 0 Å². The highest BCUT2D eigenvalue weighted by molar-refractivity contribution is 5.98. The van der Waals surface area contributed by atoms with E-state index in [4.69, 9.17) is 0 Å². The Morgan fingerprint density at radius 3 is 2.26 bits per heavy atom. The van der Waals surface area contributed by atoms with Crippen LogP contribution in [-0.4, -0.2) is 11.9 Å². The molecule has 0 saturated heterocycles. The van der Waals surface area contributed by atoms with E-state index in [-0.39, 0.29) is 11.1 Å². The van der Waals surface area contributed by atoms with Crippen LogP contribution in [0.1, 0.15) is 25.0 Å². The van der Waals surface area contributed by atoms with Gasteiger partial charge in [0, 0.05) is 12.5 Å². The third-order valence-corrected chi connectivity index (χ3v) is 2.20. The lowest BCUT2D eigenvalue weighted by Crippen LogP contribution is -2.11. The van der Waals surface area contributed by atoms with Gasteiger partial charge in [-0.2, -0.15) is 13.2 Å². The highest BCUT2D eigenvalue weighted by Gasteiger charge is 2.32. The Morgan fingerprint density at radius 2 is 1.74 bits per heavy atom. The molecule has 6 heteroatoms. The van der Waals surface area contributed by atoms with Crippen molar-refractivity contribution in [2.75, 3.05) is 0 Å². The molecule has 1 aromatic carbocycles. The number of carbonyl (C=O) groups is 2. The molecule has 0 heterocycles. The zero-order valence-corrected chi connectivity index (χ0v) is 10.2. The molecule has 19 heavy (non-hydrogen) atoms. The molecule has 1 aromatic rings. The minimum absolute atomic E-state index is 0.0908. The summed E-state index contributed by atoms with van der Waals surface area (Å²) in [6.45, 7) is 2.31. The smallest absolute Gasteiger partial charge is 0.390 e. The lowest BCUT2D eigenvalue weighted by Gasteiger charge is -2.10. The fourth-order valence-corrected chi connectivity index (χ4v) is 1.38. The predicted molar refractivity (Wildman–Crippen MR) is 61.9 cm³/mol. The fraction of sp³-hybridized carbons (Fsp3) is 0.231. The van der Waals surface area contributed by atoms with Crippen LogP contribution in [0.4, 0.5) is 13.2 Å². The van der Waals surface area contributed by atoms with Crippen molar-refractivity contribution in [2.24, 2.45) is 0 Å². The average Bonchev–Trinajstić information content (AvgIpc) is 2.27. The molecule has 0 aliphatic rings. The van der Waals surface area contributed by atoms with Crippen LogP contribution in [-0.2, 0) is 20.5 Å². The Hall–Kier alpha value is -2.11. The number of rotatable bonds is 2. The van der Waals surface area contributed by atoms with Crippen molar-refractivity contribution in [2.45, 2.75) is 20.0 Å². The van der Waals surface area contributed by atoms with Crippen LogP contribution in [0.5, 0.6) is 0 Å². The van der Waals surface area contributed by atoms with Gasteiger partial charge in [-0.25, -0.2) is 4.79 Å². The minimum Gasteiger partial charge on any atom is -0.390 e. The molecule has 0 fully saturated rings. The van der Waals surface area contributed by atoms with E-state index in [1.807, 2.05) is 0 Å². The standard InChI is InChI=1S/C13H11F3O3/c1-8(12(18)19-9(2)17)7-10-5-3-4-6-11(10)13(14,15)16/h3-7H,1-2H3. The Bertz CT molecular complexity index is 530. The molecule has 0 saturated carbocycles. The fourth-order valence-electron chi connectivity index (χ4n) is 1.38. The lowest BCUT2D eigenvalue weighted by atomic mass is 10.0. The summed E-state index contributed by atoms with van der Waals surface area (Å²) in [6.07, 6.45) is -3.48. The summed E-state index contributed by atoms with van der Waals surface area (Å²) in [5.41, 5.74) is -1.11. The summed E-state index contributed by atoms with van der Waals surface area (Å²) in [5, 5.41) is 0. The van der Waals surface area contributed by atoms with Crippen molar-refractivity contribution in [3.8, 4) is 0 Å². The topological polar surface area (TPSA) is 43.4 Å². The number of benzene rings is 1. The molecule has 0 aliphatic heterocycles. The van der Waals surface area contributed by atoms with E-state index in [0.717, 1.165) is 19.1 Å². The van der Waals surface area contributed by atoms with Crippen molar-refractivity contribution in [1.82, 2.24) is 0 Å². The SMILES string of the molecule is CC(=O)OC(=O)C(C)=Cc1ccccc1C(F)(F)F. The molecule has 0 spiro atoms. The summed E-state index contributed by atoms with van der Waals surface area (Å²) in [4.78, 5) is 21.9. The van der Waals surface area contributed by atoms with E-state index >= 15 is 0 Å². The Morgan fingerprint density at radius 1 is 1.16 bits per heavy atom. The van der Waals surface area contributed by atoms with Crippen molar-refractivity contribution in [1.29, 1.82) is 0 Å². The van der Waals surface area contributed by atoms with E-state index in [2.05, 4.69) is 4.74 Å².